The summed E-state index contributed by atoms with van der Waals surface area (Å²) < 4.78 is 27.4. The molecule has 92 valence electrons. The minimum atomic E-state index is -3.50. The van der Waals surface area contributed by atoms with E-state index in [-0.39, 0.29) is 12.6 Å². The lowest BCUT2D eigenvalue weighted by Gasteiger charge is -2.22. The van der Waals surface area contributed by atoms with E-state index in [9.17, 15) is 13.5 Å². The van der Waals surface area contributed by atoms with Gasteiger partial charge in [0, 0.05) is 18.3 Å². The molecule has 0 radical (unpaired) electrons. The molecule has 0 aromatic rings. The summed E-state index contributed by atoms with van der Waals surface area (Å²) in [5, 5.41) is 9.74. The second-order valence-electron chi connectivity index (χ2n) is 4.03. The van der Waals surface area contributed by atoms with Crippen molar-refractivity contribution in [2.24, 2.45) is 0 Å². The first kappa shape index (κ1) is 15.2. The summed E-state index contributed by atoms with van der Waals surface area (Å²) in [7, 11) is -3.50. The molecule has 0 aliphatic rings. The summed E-state index contributed by atoms with van der Waals surface area (Å²) in [4.78, 5) is 0. The average Bonchev–Trinajstić information content (AvgIpc) is 1.99. The summed E-state index contributed by atoms with van der Waals surface area (Å²) in [6.45, 7) is 5.08. The van der Waals surface area contributed by atoms with Crippen molar-refractivity contribution in [3.63, 3.8) is 0 Å². The SMILES string of the molecule is CSCC(C)(O)CNS(=O)(=O)NC(C)C. The fourth-order valence-corrected chi connectivity index (χ4v) is 2.89. The second-order valence-corrected chi connectivity index (χ2v) is 6.42. The smallest absolute Gasteiger partial charge is 0.277 e. The monoisotopic (exact) mass is 256 g/mol. The van der Waals surface area contributed by atoms with Crippen LogP contribution in [0, 0.1) is 0 Å². The number of nitrogens with one attached hydrogen (secondary N) is 2. The van der Waals surface area contributed by atoms with Crippen LogP contribution in [0.5, 0.6) is 0 Å². The van der Waals surface area contributed by atoms with Gasteiger partial charge in [0.15, 0.2) is 0 Å². The Labute approximate surface area is 96.2 Å². The molecule has 0 aromatic heterocycles. The fraction of sp³-hybridized carbons (Fsp3) is 1.00. The predicted octanol–water partition coefficient (Wildman–Crippen LogP) is -0.0672. The van der Waals surface area contributed by atoms with Gasteiger partial charge in [-0.3, -0.25) is 0 Å². The molecule has 1 atom stereocenters. The van der Waals surface area contributed by atoms with Gasteiger partial charge in [0.25, 0.3) is 10.2 Å². The number of hydrogen-bond acceptors (Lipinski definition) is 4. The first-order valence-electron chi connectivity index (χ1n) is 4.67. The highest BCUT2D eigenvalue weighted by atomic mass is 32.2. The van der Waals surface area contributed by atoms with Crippen LogP contribution in [-0.4, -0.2) is 43.7 Å². The summed E-state index contributed by atoms with van der Waals surface area (Å²) in [5.41, 5.74) is -1.02. The van der Waals surface area contributed by atoms with E-state index in [1.807, 2.05) is 6.26 Å². The van der Waals surface area contributed by atoms with Crippen molar-refractivity contribution >= 4 is 22.0 Å². The maximum absolute atomic E-state index is 11.4. The molecule has 0 fully saturated rings. The summed E-state index contributed by atoms with van der Waals surface area (Å²) in [6.07, 6.45) is 1.86. The standard InChI is InChI=1S/C8H20N2O3S2/c1-7(2)10-15(12,13)9-5-8(3,11)6-14-4/h7,9-11H,5-6H2,1-4H3. The molecule has 5 nitrogen and oxygen atoms in total. The molecule has 0 rings (SSSR count). The minimum absolute atomic E-state index is 0.00981. The van der Waals surface area contributed by atoms with Gasteiger partial charge in [-0.15, -0.1) is 0 Å². The van der Waals surface area contributed by atoms with Gasteiger partial charge in [-0.2, -0.15) is 29.6 Å². The lowest BCUT2D eigenvalue weighted by Crippen LogP contribution is -2.47. The molecule has 1 unspecified atom stereocenters. The van der Waals surface area contributed by atoms with Gasteiger partial charge < -0.3 is 5.11 Å². The Morgan fingerprint density at radius 1 is 1.47 bits per heavy atom. The third-order valence-corrected chi connectivity index (χ3v) is 3.71. The van der Waals surface area contributed by atoms with E-state index in [2.05, 4.69) is 9.44 Å². The lowest BCUT2D eigenvalue weighted by molar-refractivity contribution is 0.0907. The topological polar surface area (TPSA) is 78.4 Å². The third-order valence-electron chi connectivity index (χ3n) is 1.49. The zero-order valence-electron chi connectivity index (χ0n) is 9.57. The van der Waals surface area contributed by atoms with Crippen LogP contribution in [0.25, 0.3) is 0 Å². The Balaban J connectivity index is 4.14. The largest absolute Gasteiger partial charge is 0.388 e. The summed E-state index contributed by atoms with van der Waals surface area (Å²) in [6, 6.07) is -0.159. The highest BCUT2D eigenvalue weighted by Gasteiger charge is 2.22. The van der Waals surface area contributed by atoms with Gasteiger partial charge in [0.1, 0.15) is 0 Å². The molecular formula is C8H20N2O3S2. The van der Waals surface area contributed by atoms with E-state index in [0.717, 1.165) is 0 Å². The Morgan fingerprint density at radius 2 is 2.00 bits per heavy atom. The first-order chi connectivity index (χ1) is 6.68. The first-order valence-corrected chi connectivity index (χ1v) is 7.54. The van der Waals surface area contributed by atoms with Crippen molar-refractivity contribution in [3.05, 3.63) is 0 Å². The Hall–Kier alpha value is 0.180. The van der Waals surface area contributed by atoms with Crippen molar-refractivity contribution in [1.29, 1.82) is 0 Å². The number of aliphatic hydroxyl groups is 1. The van der Waals surface area contributed by atoms with Gasteiger partial charge in [0.2, 0.25) is 0 Å². The van der Waals surface area contributed by atoms with Gasteiger partial charge in [-0.1, -0.05) is 0 Å². The van der Waals surface area contributed by atoms with Crippen molar-refractivity contribution < 1.29 is 13.5 Å². The van der Waals surface area contributed by atoms with Crippen LogP contribution in [0.1, 0.15) is 20.8 Å². The van der Waals surface area contributed by atoms with Gasteiger partial charge in [-0.25, -0.2) is 0 Å². The van der Waals surface area contributed by atoms with E-state index in [4.69, 9.17) is 0 Å². The van der Waals surface area contributed by atoms with Crippen LogP contribution < -0.4 is 9.44 Å². The maximum Gasteiger partial charge on any atom is 0.277 e. The molecule has 7 heteroatoms. The normalized spacial score (nSPS) is 16.7. The molecule has 0 aliphatic heterocycles. The zero-order valence-corrected chi connectivity index (χ0v) is 11.2. The molecule has 0 amide bonds. The number of hydrogen-bond donors (Lipinski definition) is 3. The molecule has 3 N–H and O–H groups in total. The summed E-state index contributed by atoms with van der Waals surface area (Å²) >= 11 is 1.47. The fourth-order valence-electron chi connectivity index (χ4n) is 0.964. The molecule has 0 aliphatic carbocycles. The molecule has 0 saturated carbocycles. The molecular weight excluding hydrogens is 236 g/mol. The Bertz CT molecular complexity index is 276. The van der Waals surface area contributed by atoms with Crippen LogP contribution in [0.3, 0.4) is 0 Å². The molecule has 0 saturated heterocycles. The van der Waals surface area contributed by atoms with E-state index < -0.39 is 15.8 Å². The quantitative estimate of drug-likeness (QED) is 0.596. The number of rotatable bonds is 7. The van der Waals surface area contributed by atoms with E-state index >= 15 is 0 Å². The number of thioether (sulfide) groups is 1. The van der Waals surface area contributed by atoms with Crippen LogP contribution >= 0.6 is 11.8 Å². The van der Waals surface area contributed by atoms with Gasteiger partial charge >= 0.3 is 0 Å². The predicted molar refractivity (Wildman–Crippen MR) is 64.2 cm³/mol. The van der Waals surface area contributed by atoms with E-state index in [1.54, 1.807) is 20.8 Å². The van der Waals surface area contributed by atoms with Gasteiger partial charge in [-0.05, 0) is 27.0 Å². The molecule has 15 heavy (non-hydrogen) atoms. The van der Waals surface area contributed by atoms with Crippen molar-refractivity contribution in [3.8, 4) is 0 Å². The third kappa shape index (κ3) is 8.04. The molecule has 0 bridgehead atoms. The Morgan fingerprint density at radius 3 is 2.40 bits per heavy atom. The zero-order chi connectivity index (χ0) is 12.1. The van der Waals surface area contributed by atoms with Crippen LogP contribution in [0.4, 0.5) is 0 Å². The van der Waals surface area contributed by atoms with E-state index in [0.29, 0.717) is 5.75 Å². The van der Waals surface area contributed by atoms with Crippen molar-refractivity contribution in [1.82, 2.24) is 9.44 Å². The van der Waals surface area contributed by atoms with Crippen molar-refractivity contribution in [2.45, 2.75) is 32.4 Å². The molecule has 0 spiro atoms. The van der Waals surface area contributed by atoms with Crippen molar-refractivity contribution in [2.75, 3.05) is 18.6 Å². The minimum Gasteiger partial charge on any atom is -0.388 e. The summed E-state index contributed by atoms with van der Waals surface area (Å²) in [5.74, 6) is 0.483. The van der Waals surface area contributed by atoms with Crippen LogP contribution in [0.15, 0.2) is 0 Å². The maximum atomic E-state index is 11.4. The van der Waals surface area contributed by atoms with E-state index in [1.165, 1.54) is 11.8 Å². The van der Waals surface area contributed by atoms with Crippen LogP contribution in [-0.2, 0) is 10.2 Å². The average molecular weight is 256 g/mol. The molecule has 0 heterocycles. The second kappa shape index (κ2) is 6.05. The lowest BCUT2D eigenvalue weighted by atomic mass is 10.1. The molecule has 0 aromatic carbocycles. The highest BCUT2D eigenvalue weighted by Crippen LogP contribution is 2.09. The van der Waals surface area contributed by atoms with Gasteiger partial charge in [0.05, 0.1) is 5.60 Å². The Kier molecular flexibility index (Phi) is 6.12. The highest BCUT2D eigenvalue weighted by molar-refractivity contribution is 7.98. The van der Waals surface area contributed by atoms with Crippen LogP contribution in [0.2, 0.25) is 0 Å².